The van der Waals surface area contributed by atoms with Crippen LogP contribution in [0.25, 0.3) is 0 Å². The number of nitrogens with one attached hydrogen (secondary N) is 2. The number of hydrogen-bond donors (Lipinski definition) is 3. The van der Waals surface area contributed by atoms with Gasteiger partial charge in [-0.2, -0.15) is 4.98 Å². The number of nitrogens with two attached hydrogens (primary N) is 1. The minimum absolute atomic E-state index is 0.0438. The van der Waals surface area contributed by atoms with Crippen LogP contribution in [0.4, 0.5) is 23.1 Å². The number of rotatable bonds is 10. The van der Waals surface area contributed by atoms with Crippen LogP contribution in [0.2, 0.25) is 0 Å². The van der Waals surface area contributed by atoms with Crippen LogP contribution in [-0.4, -0.2) is 83.9 Å². The zero-order valence-corrected chi connectivity index (χ0v) is 23.2. The SMILES string of the molecule is CCCOc1ccc(NC2CCCN(c3nnc(C(N)=O)c(Nc4ccc(C(=O)N5CCOCC5)cc4)n3)C2)cc1. The molecule has 2 aromatic carbocycles. The standard InChI is InChI=1S/C29H36N8O4/c1-2-16-41-24-11-9-21(10-12-24)31-23-4-3-13-37(19-23)29-33-27(25(26(30)38)34-35-29)32-22-7-5-20(6-8-22)28(39)36-14-17-40-18-15-36/h5-12,23,31H,2-4,13-19H2,1H3,(H2,30,38)(H,32,33,35). The van der Waals surface area contributed by atoms with Crippen molar-refractivity contribution >= 4 is 35.0 Å². The molecule has 0 saturated carbocycles. The molecule has 1 aromatic heterocycles. The molecule has 1 unspecified atom stereocenters. The van der Waals surface area contributed by atoms with Crippen molar-refractivity contribution in [1.29, 1.82) is 0 Å². The second-order valence-electron chi connectivity index (χ2n) is 10.1. The Balaban J connectivity index is 1.26. The molecule has 0 radical (unpaired) electrons. The van der Waals surface area contributed by atoms with E-state index in [9.17, 15) is 9.59 Å². The summed E-state index contributed by atoms with van der Waals surface area (Å²) in [5.74, 6) is 0.703. The van der Waals surface area contributed by atoms with Gasteiger partial charge in [0.2, 0.25) is 5.95 Å². The molecule has 12 heteroatoms. The molecule has 2 aliphatic heterocycles. The Labute approximate surface area is 239 Å². The van der Waals surface area contributed by atoms with Crippen LogP contribution in [-0.2, 0) is 4.74 Å². The smallest absolute Gasteiger partial charge is 0.273 e. The Kier molecular flexibility index (Phi) is 9.09. The molecule has 12 nitrogen and oxygen atoms in total. The van der Waals surface area contributed by atoms with Crippen molar-refractivity contribution in [3.05, 3.63) is 59.8 Å². The number of nitrogens with zero attached hydrogens (tertiary/aromatic N) is 5. The molecule has 0 aliphatic carbocycles. The van der Waals surface area contributed by atoms with E-state index in [2.05, 4.69) is 32.7 Å². The second-order valence-corrected chi connectivity index (χ2v) is 10.1. The van der Waals surface area contributed by atoms with E-state index in [4.69, 9.17) is 15.2 Å². The fraction of sp³-hybridized carbons (Fsp3) is 0.414. The fourth-order valence-corrected chi connectivity index (χ4v) is 4.87. The van der Waals surface area contributed by atoms with E-state index >= 15 is 0 Å². The summed E-state index contributed by atoms with van der Waals surface area (Å²) in [6.45, 7) is 6.44. The number of ether oxygens (including phenoxy) is 2. The third-order valence-corrected chi connectivity index (χ3v) is 7.00. The summed E-state index contributed by atoms with van der Waals surface area (Å²) in [4.78, 5) is 33.3. The average molecular weight is 561 g/mol. The summed E-state index contributed by atoms with van der Waals surface area (Å²) >= 11 is 0. The van der Waals surface area contributed by atoms with Crippen LogP contribution in [0.3, 0.4) is 0 Å². The minimum Gasteiger partial charge on any atom is -0.494 e. The lowest BCUT2D eigenvalue weighted by molar-refractivity contribution is 0.0303. The number of aromatic nitrogens is 3. The van der Waals surface area contributed by atoms with Crippen LogP contribution in [0, 0.1) is 0 Å². The Hall–Kier alpha value is -4.45. The van der Waals surface area contributed by atoms with Gasteiger partial charge in [0.25, 0.3) is 11.8 Å². The first-order valence-electron chi connectivity index (χ1n) is 14.0. The summed E-state index contributed by atoms with van der Waals surface area (Å²) in [5, 5.41) is 15.0. The van der Waals surface area contributed by atoms with Gasteiger partial charge in [0.15, 0.2) is 11.5 Å². The van der Waals surface area contributed by atoms with Crippen LogP contribution >= 0.6 is 0 Å². The highest BCUT2D eigenvalue weighted by atomic mass is 16.5. The van der Waals surface area contributed by atoms with Gasteiger partial charge >= 0.3 is 0 Å². The number of amides is 2. The maximum absolute atomic E-state index is 12.8. The van der Waals surface area contributed by atoms with Gasteiger partial charge in [-0.05, 0) is 67.8 Å². The van der Waals surface area contributed by atoms with Crippen LogP contribution in [0.5, 0.6) is 5.75 Å². The van der Waals surface area contributed by atoms with Crippen molar-refractivity contribution in [2.45, 2.75) is 32.2 Å². The molecule has 0 spiro atoms. The van der Waals surface area contributed by atoms with Crippen molar-refractivity contribution in [3.63, 3.8) is 0 Å². The summed E-state index contributed by atoms with van der Waals surface area (Å²) in [5.41, 5.74) is 7.75. The van der Waals surface area contributed by atoms with E-state index < -0.39 is 5.91 Å². The van der Waals surface area contributed by atoms with E-state index in [0.717, 1.165) is 37.2 Å². The lowest BCUT2D eigenvalue weighted by atomic mass is 10.1. The number of carbonyl (C=O) groups is 2. The first-order valence-corrected chi connectivity index (χ1v) is 14.0. The Morgan fingerprint density at radius 1 is 1.02 bits per heavy atom. The van der Waals surface area contributed by atoms with Crippen LogP contribution in [0.1, 0.15) is 47.0 Å². The number of hydrogen-bond acceptors (Lipinski definition) is 10. The number of morpholine rings is 1. The predicted molar refractivity (Wildman–Crippen MR) is 156 cm³/mol. The molecule has 4 N–H and O–H groups in total. The Bertz CT molecular complexity index is 1330. The average Bonchev–Trinajstić information content (AvgIpc) is 3.01. The molecule has 41 heavy (non-hydrogen) atoms. The molecule has 1 atom stereocenters. The number of piperidine rings is 1. The largest absolute Gasteiger partial charge is 0.494 e. The normalized spacial score (nSPS) is 17.1. The zero-order chi connectivity index (χ0) is 28.6. The molecular formula is C29H36N8O4. The molecule has 0 bridgehead atoms. The van der Waals surface area contributed by atoms with E-state index in [1.165, 1.54) is 0 Å². The third-order valence-electron chi connectivity index (χ3n) is 7.00. The van der Waals surface area contributed by atoms with E-state index in [1.807, 2.05) is 29.2 Å². The highest BCUT2D eigenvalue weighted by Crippen LogP contribution is 2.24. The molecule has 2 aliphatic rings. The first kappa shape index (κ1) is 28.1. The van der Waals surface area contributed by atoms with Gasteiger partial charge in [0.05, 0.1) is 19.8 Å². The maximum Gasteiger partial charge on any atom is 0.273 e. The first-order chi connectivity index (χ1) is 20.0. The van der Waals surface area contributed by atoms with Gasteiger partial charge < -0.3 is 35.6 Å². The van der Waals surface area contributed by atoms with Crippen molar-refractivity contribution in [2.75, 3.05) is 61.5 Å². The van der Waals surface area contributed by atoms with Crippen molar-refractivity contribution < 1.29 is 19.1 Å². The lowest BCUT2D eigenvalue weighted by Crippen LogP contribution is -2.43. The second kappa shape index (κ2) is 13.3. The third kappa shape index (κ3) is 7.20. The predicted octanol–water partition coefficient (Wildman–Crippen LogP) is 3.06. The van der Waals surface area contributed by atoms with Gasteiger partial charge in [0, 0.05) is 49.2 Å². The maximum atomic E-state index is 12.8. The van der Waals surface area contributed by atoms with Gasteiger partial charge in [-0.3, -0.25) is 9.59 Å². The monoisotopic (exact) mass is 560 g/mol. The number of primary amides is 1. The Morgan fingerprint density at radius 2 is 1.76 bits per heavy atom. The molecule has 3 aromatic rings. The van der Waals surface area contributed by atoms with E-state index in [0.29, 0.717) is 56.7 Å². The van der Waals surface area contributed by atoms with Gasteiger partial charge in [-0.1, -0.05) is 6.92 Å². The molecule has 216 valence electrons. The summed E-state index contributed by atoms with van der Waals surface area (Å²) in [6, 6.07) is 15.2. The lowest BCUT2D eigenvalue weighted by Gasteiger charge is -2.33. The summed E-state index contributed by atoms with van der Waals surface area (Å²) < 4.78 is 11.0. The molecule has 2 amide bonds. The molecule has 3 heterocycles. The highest BCUT2D eigenvalue weighted by Gasteiger charge is 2.24. The van der Waals surface area contributed by atoms with Crippen LogP contribution < -0.4 is 26.0 Å². The fourth-order valence-electron chi connectivity index (χ4n) is 4.87. The topological polar surface area (TPSA) is 148 Å². The molecule has 2 fully saturated rings. The number of benzene rings is 2. The van der Waals surface area contributed by atoms with Gasteiger partial charge in [-0.15, -0.1) is 10.2 Å². The summed E-state index contributed by atoms with van der Waals surface area (Å²) in [6.07, 6.45) is 2.91. The summed E-state index contributed by atoms with van der Waals surface area (Å²) in [7, 11) is 0. The highest BCUT2D eigenvalue weighted by molar-refractivity contribution is 5.97. The van der Waals surface area contributed by atoms with Crippen LogP contribution in [0.15, 0.2) is 48.5 Å². The van der Waals surface area contributed by atoms with Crippen molar-refractivity contribution in [1.82, 2.24) is 20.1 Å². The zero-order valence-electron chi connectivity index (χ0n) is 23.2. The Morgan fingerprint density at radius 3 is 2.46 bits per heavy atom. The number of anilines is 4. The van der Waals surface area contributed by atoms with Gasteiger partial charge in [-0.25, -0.2) is 0 Å². The van der Waals surface area contributed by atoms with Crippen molar-refractivity contribution in [2.24, 2.45) is 5.73 Å². The van der Waals surface area contributed by atoms with E-state index in [1.54, 1.807) is 29.2 Å². The molecule has 5 rings (SSSR count). The molecule has 2 saturated heterocycles. The number of carbonyl (C=O) groups excluding carboxylic acids is 2. The molecular weight excluding hydrogens is 524 g/mol. The van der Waals surface area contributed by atoms with Crippen molar-refractivity contribution in [3.8, 4) is 5.75 Å². The van der Waals surface area contributed by atoms with E-state index in [-0.39, 0.29) is 23.5 Å². The quantitative estimate of drug-likeness (QED) is 0.338. The van der Waals surface area contributed by atoms with Gasteiger partial charge in [0.1, 0.15) is 5.75 Å². The minimum atomic E-state index is -0.734.